The maximum absolute atomic E-state index is 14.5. The van der Waals surface area contributed by atoms with Gasteiger partial charge in [0.05, 0.1) is 24.2 Å². The fourth-order valence-corrected chi connectivity index (χ4v) is 3.62. The minimum atomic E-state index is -0.635. The first-order valence-corrected chi connectivity index (χ1v) is 8.71. The van der Waals surface area contributed by atoms with Crippen molar-refractivity contribution < 1.29 is 23.7 Å². The van der Waals surface area contributed by atoms with Gasteiger partial charge in [-0.15, -0.1) is 0 Å². The van der Waals surface area contributed by atoms with Gasteiger partial charge < -0.3 is 30.0 Å². The number of rotatable bonds is 3. The molecular formula is C19H18FN3O4. The van der Waals surface area contributed by atoms with E-state index >= 15 is 0 Å². The average Bonchev–Trinajstić information content (AvgIpc) is 3.33. The molecule has 27 heavy (non-hydrogen) atoms. The number of aliphatic hydroxyl groups is 1. The Kier molecular flexibility index (Phi) is 3.78. The van der Waals surface area contributed by atoms with Crippen LogP contribution in [0.3, 0.4) is 0 Å². The molecule has 0 spiro atoms. The number of aromatic nitrogens is 2. The fourth-order valence-electron chi connectivity index (χ4n) is 3.62. The van der Waals surface area contributed by atoms with Crippen LogP contribution in [0.1, 0.15) is 0 Å². The number of halogens is 1. The molecule has 8 heteroatoms. The molecular weight excluding hydrogens is 353 g/mol. The number of nitrogens with one attached hydrogen (secondary N) is 1. The monoisotopic (exact) mass is 371 g/mol. The number of hydrogen-bond donors (Lipinski definition) is 3. The van der Waals surface area contributed by atoms with Crippen LogP contribution < -0.4 is 10.5 Å². The quantitative estimate of drug-likeness (QED) is 0.608. The summed E-state index contributed by atoms with van der Waals surface area (Å²) in [4.78, 5) is 7.44. The van der Waals surface area contributed by atoms with Crippen molar-refractivity contribution in [1.29, 1.82) is 0 Å². The minimum absolute atomic E-state index is 0.236. The molecule has 0 amide bonds. The van der Waals surface area contributed by atoms with Crippen molar-refractivity contribution in [3.05, 3.63) is 42.2 Å². The lowest BCUT2D eigenvalue weighted by Crippen LogP contribution is -2.34. The van der Waals surface area contributed by atoms with Gasteiger partial charge in [0.1, 0.15) is 24.0 Å². The summed E-state index contributed by atoms with van der Waals surface area (Å²) < 4.78 is 31.6. The highest BCUT2D eigenvalue weighted by atomic mass is 19.1. The van der Waals surface area contributed by atoms with Crippen molar-refractivity contribution >= 4 is 16.7 Å². The van der Waals surface area contributed by atoms with Gasteiger partial charge in [-0.25, -0.2) is 9.37 Å². The van der Waals surface area contributed by atoms with Crippen molar-refractivity contribution in [3.63, 3.8) is 0 Å². The average molecular weight is 371 g/mol. The summed E-state index contributed by atoms with van der Waals surface area (Å²) >= 11 is 0. The number of benzene rings is 1. The standard InChI is InChI=1S/C19H18FN3O4/c20-11-5-12-13(23-17(11)9-1-3-10(21)4-2-9)6-16(22-12)27-15-8-26-18-14(24)7-25-19(15)18/h1-6,14-15,18-19,22,24H,7-8,21H2/t14?,15?,18-,19-/m1/s1. The first-order chi connectivity index (χ1) is 13.1. The topological polar surface area (TPSA) is 103 Å². The predicted molar refractivity (Wildman–Crippen MR) is 95.8 cm³/mol. The third-order valence-corrected chi connectivity index (χ3v) is 4.98. The van der Waals surface area contributed by atoms with Crippen LogP contribution in [-0.2, 0) is 9.47 Å². The van der Waals surface area contributed by atoms with Crippen LogP contribution in [0.5, 0.6) is 5.88 Å². The molecule has 2 aliphatic heterocycles. The molecule has 5 rings (SSSR count). The highest BCUT2D eigenvalue weighted by Crippen LogP contribution is 2.32. The van der Waals surface area contributed by atoms with E-state index < -0.39 is 11.9 Å². The third kappa shape index (κ3) is 2.82. The number of nitrogen functional groups attached to an aromatic ring is 1. The Bertz CT molecular complexity index is 991. The van der Waals surface area contributed by atoms with E-state index in [-0.39, 0.29) is 30.6 Å². The smallest absolute Gasteiger partial charge is 0.193 e. The highest BCUT2D eigenvalue weighted by Gasteiger charge is 2.48. The minimum Gasteiger partial charge on any atom is -0.470 e. The predicted octanol–water partition coefficient (Wildman–Crippen LogP) is 1.86. The molecule has 0 aliphatic carbocycles. The number of nitrogens with two attached hydrogens (primary N) is 1. The summed E-state index contributed by atoms with van der Waals surface area (Å²) in [6, 6.07) is 9.99. The van der Waals surface area contributed by atoms with Crippen molar-refractivity contribution in [2.75, 3.05) is 18.9 Å². The second-order valence-electron chi connectivity index (χ2n) is 6.83. The van der Waals surface area contributed by atoms with Gasteiger partial charge in [0.15, 0.2) is 17.8 Å². The van der Waals surface area contributed by atoms with Gasteiger partial charge in [-0.1, -0.05) is 12.1 Å². The van der Waals surface area contributed by atoms with E-state index in [1.807, 2.05) is 0 Å². The number of anilines is 1. The van der Waals surface area contributed by atoms with Gasteiger partial charge in [0, 0.05) is 23.4 Å². The number of aliphatic hydroxyl groups excluding tert-OH is 1. The van der Waals surface area contributed by atoms with Crippen molar-refractivity contribution in [2.45, 2.75) is 24.4 Å². The maximum atomic E-state index is 14.5. The number of hydrogen-bond acceptors (Lipinski definition) is 6. The molecule has 140 valence electrons. The van der Waals surface area contributed by atoms with E-state index in [9.17, 15) is 9.50 Å². The summed E-state index contributed by atoms with van der Waals surface area (Å²) in [6.45, 7) is 0.555. The number of fused-ring (bicyclic) bond motifs is 2. The Balaban J connectivity index is 1.43. The van der Waals surface area contributed by atoms with E-state index in [1.54, 1.807) is 30.3 Å². The molecule has 2 aromatic heterocycles. The van der Waals surface area contributed by atoms with Crippen LogP contribution >= 0.6 is 0 Å². The van der Waals surface area contributed by atoms with E-state index in [1.165, 1.54) is 6.07 Å². The molecule has 4 heterocycles. The van der Waals surface area contributed by atoms with Crippen LogP contribution in [0.2, 0.25) is 0 Å². The van der Waals surface area contributed by atoms with Crippen LogP contribution in [0, 0.1) is 5.82 Å². The molecule has 0 radical (unpaired) electrons. The molecule has 7 nitrogen and oxygen atoms in total. The normalized spacial score (nSPS) is 27.2. The van der Waals surface area contributed by atoms with Crippen molar-refractivity contribution in [1.82, 2.24) is 9.97 Å². The second kappa shape index (κ2) is 6.19. The molecule has 2 aliphatic rings. The third-order valence-electron chi connectivity index (χ3n) is 4.98. The number of nitrogens with zero attached hydrogens (tertiary/aromatic N) is 1. The first-order valence-electron chi connectivity index (χ1n) is 8.71. The zero-order chi connectivity index (χ0) is 18.5. The molecule has 2 fully saturated rings. The lowest BCUT2D eigenvalue weighted by Gasteiger charge is -2.16. The van der Waals surface area contributed by atoms with Crippen LogP contribution in [0.25, 0.3) is 22.3 Å². The lowest BCUT2D eigenvalue weighted by atomic mass is 10.1. The van der Waals surface area contributed by atoms with Gasteiger partial charge in [-0.2, -0.15) is 0 Å². The largest absolute Gasteiger partial charge is 0.470 e. The van der Waals surface area contributed by atoms with E-state index in [2.05, 4.69) is 9.97 Å². The van der Waals surface area contributed by atoms with Crippen LogP contribution in [0.15, 0.2) is 36.4 Å². The molecule has 3 aromatic rings. The number of H-pyrrole nitrogens is 1. The van der Waals surface area contributed by atoms with Gasteiger partial charge >= 0.3 is 0 Å². The Morgan fingerprint density at radius 2 is 1.93 bits per heavy atom. The van der Waals surface area contributed by atoms with Crippen molar-refractivity contribution in [3.8, 4) is 17.1 Å². The summed E-state index contributed by atoms with van der Waals surface area (Å²) in [5.74, 6) is 0.0118. The maximum Gasteiger partial charge on any atom is 0.193 e. The van der Waals surface area contributed by atoms with Gasteiger partial charge in [-0.3, -0.25) is 0 Å². The van der Waals surface area contributed by atoms with E-state index in [0.717, 1.165) is 0 Å². The fraction of sp³-hybridized carbons (Fsp3) is 0.316. The molecule has 2 unspecified atom stereocenters. The molecule has 0 saturated carbocycles. The summed E-state index contributed by atoms with van der Waals surface area (Å²) in [5, 5.41) is 9.81. The zero-order valence-electron chi connectivity index (χ0n) is 14.3. The second-order valence-corrected chi connectivity index (χ2v) is 6.83. The Labute approximate surface area is 153 Å². The van der Waals surface area contributed by atoms with E-state index in [0.29, 0.717) is 34.8 Å². The molecule has 1 aromatic carbocycles. The summed E-state index contributed by atoms with van der Waals surface area (Å²) in [7, 11) is 0. The Morgan fingerprint density at radius 1 is 1.15 bits per heavy atom. The Morgan fingerprint density at radius 3 is 2.74 bits per heavy atom. The van der Waals surface area contributed by atoms with E-state index in [4.69, 9.17) is 19.9 Å². The summed E-state index contributed by atoms with van der Waals surface area (Å²) in [6.07, 6.45) is -1.67. The van der Waals surface area contributed by atoms with Gasteiger partial charge in [0.2, 0.25) is 0 Å². The molecule has 4 atom stereocenters. The lowest BCUT2D eigenvalue weighted by molar-refractivity contribution is 0.00794. The Hall–Kier alpha value is -2.68. The number of aromatic amines is 1. The molecule has 2 saturated heterocycles. The van der Waals surface area contributed by atoms with Crippen LogP contribution in [0.4, 0.5) is 10.1 Å². The highest BCUT2D eigenvalue weighted by molar-refractivity contribution is 5.81. The van der Waals surface area contributed by atoms with Gasteiger partial charge in [-0.05, 0) is 12.1 Å². The van der Waals surface area contributed by atoms with Crippen LogP contribution in [-0.4, -0.2) is 52.7 Å². The van der Waals surface area contributed by atoms with Gasteiger partial charge in [0.25, 0.3) is 0 Å². The zero-order valence-corrected chi connectivity index (χ0v) is 14.3. The summed E-state index contributed by atoms with van der Waals surface area (Å²) in [5.41, 5.74) is 8.31. The molecule has 0 bridgehead atoms. The van der Waals surface area contributed by atoms with Crippen molar-refractivity contribution in [2.24, 2.45) is 0 Å². The first kappa shape index (κ1) is 16.5. The SMILES string of the molecule is Nc1ccc(-c2nc3cc(OC4CO[C@@H]5C(O)CO[C@H]45)[nH]c3cc2F)cc1. The number of pyridine rings is 1. The molecule has 4 N–H and O–H groups in total. The number of ether oxygens (including phenoxy) is 3.